The predicted octanol–water partition coefficient (Wildman–Crippen LogP) is 22.3. The van der Waals surface area contributed by atoms with Crippen LogP contribution in [0.2, 0.25) is 20.1 Å². The zero-order valence-corrected chi connectivity index (χ0v) is 84.5. The highest BCUT2D eigenvalue weighted by molar-refractivity contribution is 7.93. The van der Waals surface area contributed by atoms with Crippen molar-refractivity contribution < 1.29 is 76.4 Å². The minimum atomic E-state index is -3.54. The van der Waals surface area contributed by atoms with E-state index in [1.165, 1.54) is 53.6 Å². The minimum Gasteiger partial charge on any atom is -0.322 e. The van der Waals surface area contributed by atoms with Crippen LogP contribution >= 0.6 is 46.4 Å². The molecule has 0 aromatic heterocycles. The van der Waals surface area contributed by atoms with Gasteiger partial charge in [-0.05, 0) is 308 Å². The number of benzene rings is 12. The number of anilines is 12. The van der Waals surface area contributed by atoms with E-state index in [0.717, 1.165) is 62.1 Å². The number of aryl methyl sites for hydroxylation is 5. The fraction of sp³-hybridized carbons (Fsp3) is 0.238. The third-order valence-electron chi connectivity index (χ3n) is 23.8. The first kappa shape index (κ1) is 106. The minimum absolute atomic E-state index is 0.00358. The molecule has 12 aromatic rings. The van der Waals surface area contributed by atoms with Crippen molar-refractivity contribution in [3.63, 3.8) is 0 Å². The molecule has 0 radical (unpaired) electrons. The number of sulfonamides is 4. The first-order chi connectivity index (χ1) is 67.8. The molecule has 8 N–H and O–H groups in total. The SMILES string of the molecule is Cc1cc(N2CCCCCS2(=O)=O)ccc1C(=O)Nc1ccc(Cl)c(NC(=O)c2ccccc2)c1.Cc1ccc(NC(=O)c2ccc(N3CCCCCS3(=O)=O)cc2C)cc1NC(=O)c1cccc(Cl)c1.Cc1ccc(NC(=O)c2ccc(N3CCCCCS3(=O)=O)cc2C)cc1NC(=O)c1ccccc1.O=C(Nc1cc(NC(=O)c2ccc(N3CCCCCS3(=O)=O)cc2F)ccc1Cl)c1cccc(Cl)c1. The monoisotopic (exact) mass is 2080 g/mol. The van der Waals surface area contributed by atoms with Gasteiger partial charge in [0.1, 0.15) is 5.82 Å². The van der Waals surface area contributed by atoms with Crippen LogP contribution in [0.15, 0.2) is 255 Å². The average Bonchev–Trinajstić information content (AvgIpc) is 1.30. The van der Waals surface area contributed by atoms with Crippen molar-refractivity contribution in [2.45, 2.75) is 112 Å². The Bertz CT molecular complexity index is 6850. The highest BCUT2D eigenvalue weighted by atomic mass is 35.5. The van der Waals surface area contributed by atoms with Crippen molar-refractivity contribution in [3.8, 4) is 0 Å². The van der Waals surface area contributed by atoms with E-state index in [0.29, 0.717) is 174 Å². The maximum atomic E-state index is 14.9. The summed E-state index contributed by atoms with van der Waals surface area (Å²) in [7, 11) is -13.6. The summed E-state index contributed by atoms with van der Waals surface area (Å²) in [6.07, 6.45) is 9.09. The van der Waals surface area contributed by atoms with Gasteiger partial charge in [0.25, 0.3) is 47.3 Å². The van der Waals surface area contributed by atoms with E-state index >= 15 is 0 Å². The van der Waals surface area contributed by atoms with E-state index in [2.05, 4.69) is 42.5 Å². The number of nitrogens with zero attached hydrogens (tertiary/aromatic N) is 4. The van der Waals surface area contributed by atoms with Crippen molar-refractivity contribution in [1.82, 2.24) is 0 Å². The van der Waals surface area contributed by atoms with Crippen LogP contribution in [-0.2, 0) is 40.1 Å². The van der Waals surface area contributed by atoms with E-state index < -0.39 is 57.7 Å². The lowest BCUT2D eigenvalue weighted by molar-refractivity contribution is 0.101. The summed E-state index contributed by atoms with van der Waals surface area (Å²) in [5.74, 6) is -3.47. The standard InChI is InChI=1S/C27H28ClN3O4S.C27H29N3O4S.C26H26ClN3O4S.C25H22Cl2FN3O4S/c1-18-9-10-22(17-25(18)30-26(32)20-7-6-8-21(28)16-20)29-27(33)24-12-11-23(15-19(24)2)31-13-4-3-5-14-36(31,34)35;1-19-11-12-22(18-25(19)29-26(31)21-9-5-3-6-10-21)28-27(32)24-14-13-23(17-20(24)2)30-15-7-4-8-16-35(30,33)34;1-18-16-21(30-14-6-3-7-15-35(30,33)34)11-12-22(18)26(32)28-20-10-13-23(27)24(17-20)29-25(31)19-8-4-2-5-9-19;26-17-6-4-5-16(13-17)24(32)30-23-14-18(7-10-21(23)27)29-25(33)20-9-8-19(15-22(20)28)31-11-2-1-3-12-36(31,34)35/h6-12,15-17H,3-5,13-14H2,1-2H3,(H,29,33)(H,30,32);3,5-6,9-14,17-18H,4,7-8,15-16H2,1-2H3,(H,28,32)(H,29,31);2,4-5,8-13,16-17H,3,6-7,14-15H2,1H3,(H,28,32)(H,29,31);4-10,13-15H,1-3,11-12H2,(H,29,33)(H,30,32). The molecule has 142 heavy (non-hydrogen) atoms. The number of carbonyl (C=O) groups excluding carboxylic acids is 8. The Kier molecular flexibility index (Phi) is 35.6. The highest BCUT2D eigenvalue weighted by Crippen LogP contribution is 2.36. The maximum absolute atomic E-state index is 14.9. The molecule has 8 amide bonds. The number of carbonyl (C=O) groups is 8. The Hall–Kier alpha value is -13.5. The molecule has 740 valence electrons. The number of hydrogen-bond acceptors (Lipinski definition) is 16. The molecule has 16 rings (SSSR count). The van der Waals surface area contributed by atoms with Gasteiger partial charge in [-0.3, -0.25) is 55.6 Å². The van der Waals surface area contributed by atoms with E-state index in [-0.39, 0.29) is 92.6 Å². The second kappa shape index (κ2) is 47.8. The van der Waals surface area contributed by atoms with Crippen molar-refractivity contribution >= 4 is 202 Å². The Morgan fingerprint density at radius 1 is 0.246 bits per heavy atom. The number of halogens is 5. The van der Waals surface area contributed by atoms with Gasteiger partial charge in [-0.15, -0.1) is 0 Å². The van der Waals surface area contributed by atoms with Crippen LogP contribution in [0.1, 0.15) is 188 Å². The second-order valence-electron chi connectivity index (χ2n) is 34.3. The van der Waals surface area contributed by atoms with Gasteiger partial charge < -0.3 is 42.5 Å². The molecule has 4 heterocycles. The number of hydrogen-bond donors (Lipinski definition) is 8. The molecular formula is C105H105Cl4FN12O16S4. The zero-order valence-electron chi connectivity index (χ0n) is 78.2. The summed E-state index contributed by atoms with van der Waals surface area (Å²) < 4.78 is 121. The molecule has 28 nitrogen and oxygen atoms in total. The van der Waals surface area contributed by atoms with Gasteiger partial charge in [0.2, 0.25) is 40.1 Å². The maximum Gasteiger partial charge on any atom is 0.258 e. The van der Waals surface area contributed by atoms with Gasteiger partial charge in [-0.2, -0.15) is 0 Å². The lowest BCUT2D eigenvalue weighted by Gasteiger charge is -2.23. The Morgan fingerprint density at radius 3 is 0.817 bits per heavy atom. The first-order valence-corrected chi connectivity index (χ1v) is 53.8. The fourth-order valence-corrected chi connectivity index (χ4v) is 23.4. The van der Waals surface area contributed by atoms with Crippen LogP contribution in [0.3, 0.4) is 0 Å². The van der Waals surface area contributed by atoms with Crippen LogP contribution < -0.4 is 59.8 Å². The number of rotatable bonds is 20. The molecule has 4 fully saturated rings. The Morgan fingerprint density at radius 2 is 0.514 bits per heavy atom. The Balaban J connectivity index is 0.000000159. The molecule has 0 saturated carbocycles. The van der Waals surface area contributed by atoms with E-state index in [4.69, 9.17) is 46.4 Å². The number of nitrogens with one attached hydrogen (secondary N) is 8. The predicted molar refractivity (Wildman–Crippen MR) is 565 cm³/mol. The normalized spacial score (nSPS) is 15.2. The van der Waals surface area contributed by atoms with Crippen LogP contribution in [0.25, 0.3) is 0 Å². The fourth-order valence-electron chi connectivity index (χ4n) is 16.1. The van der Waals surface area contributed by atoms with Crippen molar-refractivity contribution in [1.29, 1.82) is 0 Å². The topological polar surface area (TPSA) is 382 Å². The van der Waals surface area contributed by atoms with E-state index in [9.17, 15) is 76.4 Å². The molecule has 0 spiro atoms. The first-order valence-electron chi connectivity index (χ1n) is 45.8. The third kappa shape index (κ3) is 28.0. The van der Waals surface area contributed by atoms with E-state index in [1.807, 2.05) is 38.1 Å². The summed E-state index contributed by atoms with van der Waals surface area (Å²) >= 11 is 24.4. The largest absolute Gasteiger partial charge is 0.322 e. The van der Waals surface area contributed by atoms with E-state index in [1.54, 1.807) is 209 Å². The van der Waals surface area contributed by atoms with Gasteiger partial charge in [-0.1, -0.05) is 133 Å². The average molecular weight is 2080 g/mol. The summed E-state index contributed by atoms with van der Waals surface area (Å²) in [6, 6.07) is 69.4. The summed E-state index contributed by atoms with van der Waals surface area (Å²) in [5.41, 5.74) is 12.0. The number of amides is 8. The molecule has 37 heteroatoms. The van der Waals surface area contributed by atoms with Crippen molar-refractivity contribution in [2.24, 2.45) is 0 Å². The quantitative estimate of drug-likeness (QED) is 0.0351. The highest BCUT2D eigenvalue weighted by Gasteiger charge is 2.32. The molecule has 4 aliphatic heterocycles. The second-order valence-corrected chi connectivity index (χ2v) is 44.0. The molecule has 4 aliphatic rings. The smallest absolute Gasteiger partial charge is 0.258 e. The molecule has 4 saturated heterocycles. The van der Waals surface area contributed by atoms with Crippen molar-refractivity contribution in [3.05, 3.63) is 353 Å². The van der Waals surface area contributed by atoms with Crippen LogP contribution in [0, 0.1) is 40.4 Å². The summed E-state index contributed by atoms with van der Waals surface area (Å²) in [5, 5.41) is 23.8. The van der Waals surface area contributed by atoms with Crippen molar-refractivity contribution in [2.75, 3.05) is 109 Å². The van der Waals surface area contributed by atoms with Gasteiger partial charge in [0.05, 0.1) is 72.7 Å². The molecule has 0 bridgehead atoms. The summed E-state index contributed by atoms with van der Waals surface area (Å²) in [4.78, 5) is 102. The van der Waals surface area contributed by atoms with Gasteiger partial charge in [-0.25, -0.2) is 38.1 Å². The summed E-state index contributed by atoms with van der Waals surface area (Å²) in [6.45, 7) is 10.7. The van der Waals surface area contributed by atoms with Crippen LogP contribution in [0.4, 0.5) is 72.6 Å². The molecule has 0 aliphatic carbocycles. The molecular weight excluding hydrogens is 1970 g/mol. The third-order valence-corrected chi connectivity index (χ3v) is 32.4. The molecule has 12 aromatic carbocycles. The molecule has 0 unspecified atom stereocenters. The van der Waals surface area contributed by atoms with Crippen LogP contribution in [-0.4, -0.2) is 130 Å². The Labute approximate surface area is 845 Å². The molecule has 0 atom stereocenters. The van der Waals surface area contributed by atoms with Gasteiger partial charge in [0.15, 0.2) is 0 Å². The zero-order chi connectivity index (χ0) is 102. The van der Waals surface area contributed by atoms with Gasteiger partial charge in [0, 0.05) is 109 Å². The lowest BCUT2D eigenvalue weighted by atomic mass is 10.1. The van der Waals surface area contributed by atoms with Gasteiger partial charge >= 0.3 is 0 Å². The lowest BCUT2D eigenvalue weighted by Crippen LogP contribution is -2.32. The van der Waals surface area contributed by atoms with Crippen LogP contribution in [0.5, 0.6) is 0 Å².